The molecule has 2 rings (SSSR count). The highest BCUT2D eigenvalue weighted by Gasteiger charge is 2.21. The molecule has 1 fully saturated rings. The average molecular weight is 218 g/mol. The molecular formula is C14H18O2. The zero-order valence-corrected chi connectivity index (χ0v) is 9.48. The lowest BCUT2D eigenvalue weighted by atomic mass is 9.97. The molecule has 0 unspecified atom stereocenters. The van der Waals surface area contributed by atoms with Crippen LogP contribution >= 0.6 is 0 Å². The number of Topliss-reactive ketones (excluding diaryl/α,β-unsaturated/α-hetero) is 1. The summed E-state index contributed by atoms with van der Waals surface area (Å²) in [4.78, 5) is 11.8. The zero-order valence-electron chi connectivity index (χ0n) is 9.48. The fourth-order valence-electron chi connectivity index (χ4n) is 2.43. The van der Waals surface area contributed by atoms with Gasteiger partial charge in [0.2, 0.25) is 0 Å². The molecule has 0 spiro atoms. The van der Waals surface area contributed by atoms with Crippen LogP contribution < -0.4 is 0 Å². The Bertz CT molecular complexity index is 365. The average Bonchev–Trinajstić information content (AvgIpc) is 2.79. The second kappa shape index (κ2) is 5.15. The third-order valence-corrected chi connectivity index (χ3v) is 3.38. The minimum absolute atomic E-state index is 0.283. The molecule has 0 heterocycles. The van der Waals surface area contributed by atoms with Gasteiger partial charge in [0.15, 0.2) is 0 Å². The molecule has 0 aromatic heterocycles. The first-order valence-corrected chi connectivity index (χ1v) is 6.06. The molecule has 0 radical (unpaired) electrons. The first kappa shape index (κ1) is 11.2. The van der Waals surface area contributed by atoms with E-state index in [9.17, 15) is 9.90 Å². The maximum atomic E-state index is 11.8. The number of aromatic hydroxyl groups is 1. The van der Waals surface area contributed by atoms with Crippen LogP contribution in [-0.2, 0) is 11.2 Å². The molecule has 2 nitrogen and oxygen atoms in total. The minimum atomic E-state index is 0.283. The van der Waals surface area contributed by atoms with Crippen LogP contribution in [0.1, 0.15) is 37.7 Å². The largest absolute Gasteiger partial charge is 0.508 e. The lowest BCUT2D eigenvalue weighted by molar-refractivity contribution is -0.122. The van der Waals surface area contributed by atoms with Crippen molar-refractivity contribution < 1.29 is 9.90 Å². The van der Waals surface area contributed by atoms with Crippen LogP contribution in [-0.4, -0.2) is 10.9 Å². The number of aryl methyl sites for hydroxylation is 1. The van der Waals surface area contributed by atoms with Crippen LogP contribution in [0.3, 0.4) is 0 Å². The van der Waals surface area contributed by atoms with Gasteiger partial charge in [-0.1, -0.05) is 25.0 Å². The molecule has 0 saturated heterocycles. The van der Waals surface area contributed by atoms with Gasteiger partial charge in [0, 0.05) is 12.3 Å². The maximum Gasteiger partial charge on any atom is 0.136 e. The Morgan fingerprint density at radius 1 is 1.31 bits per heavy atom. The molecule has 1 N–H and O–H groups in total. The van der Waals surface area contributed by atoms with Crippen molar-refractivity contribution in [2.45, 2.75) is 38.5 Å². The van der Waals surface area contributed by atoms with Crippen LogP contribution in [0.2, 0.25) is 0 Å². The fourth-order valence-corrected chi connectivity index (χ4v) is 2.43. The molecule has 1 aromatic rings. The van der Waals surface area contributed by atoms with E-state index in [2.05, 4.69) is 0 Å². The SMILES string of the molecule is O=C(CCc1cccc(O)c1)C1CCCC1. The summed E-state index contributed by atoms with van der Waals surface area (Å²) in [6.45, 7) is 0. The summed E-state index contributed by atoms with van der Waals surface area (Å²) in [7, 11) is 0. The van der Waals surface area contributed by atoms with Gasteiger partial charge in [-0.25, -0.2) is 0 Å². The van der Waals surface area contributed by atoms with Gasteiger partial charge in [-0.05, 0) is 37.0 Å². The summed E-state index contributed by atoms with van der Waals surface area (Å²) in [5.74, 6) is 1.00. The number of rotatable bonds is 4. The number of hydrogen-bond acceptors (Lipinski definition) is 2. The van der Waals surface area contributed by atoms with Crippen molar-refractivity contribution in [2.24, 2.45) is 5.92 Å². The van der Waals surface area contributed by atoms with E-state index >= 15 is 0 Å². The zero-order chi connectivity index (χ0) is 11.4. The summed E-state index contributed by atoms with van der Waals surface area (Å²) < 4.78 is 0. The monoisotopic (exact) mass is 218 g/mol. The number of phenols is 1. The minimum Gasteiger partial charge on any atom is -0.508 e. The van der Waals surface area contributed by atoms with Gasteiger partial charge in [-0.2, -0.15) is 0 Å². The van der Waals surface area contributed by atoms with Gasteiger partial charge >= 0.3 is 0 Å². The topological polar surface area (TPSA) is 37.3 Å². The quantitative estimate of drug-likeness (QED) is 0.843. The number of benzene rings is 1. The van der Waals surface area contributed by atoms with Crippen molar-refractivity contribution in [1.29, 1.82) is 0 Å². The first-order chi connectivity index (χ1) is 7.75. The Labute approximate surface area is 96.3 Å². The Balaban J connectivity index is 1.84. The van der Waals surface area contributed by atoms with E-state index in [1.165, 1.54) is 12.8 Å². The van der Waals surface area contributed by atoms with Gasteiger partial charge < -0.3 is 5.11 Å². The van der Waals surface area contributed by atoms with Crippen LogP contribution in [0.5, 0.6) is 5.75 Å². The summed E-state index contributed by atoms with van der Waals surface area (Å²) >= 11 is 0. The van der Waals surface area contributed by atoms with Gasteiger partial charge in [-0.15, -0.1) is 0 Å². The van der Waals surface area contributed by atoms with Crippen molar-refractivity contribution in [3.63, 3.8) is 0 Å². The van der Waals surface area contributed by atoms with Crippen LogP contribution in [0.4, 0.5) is 0 Å². The van der Waals surface area contributed by atoms with E-state index in [1.54, 1.807) is 12.1 Å². The Morgan fingerprint density at radius 2 is 2.06 bits per heavy atom. The van der Waals surface area contributed by atoms with Crippen molar-refractivity contribution >= 4 is 5.78 Å². The third-order valence-electron chi connectivity index (χ3n) is 3.38. The maximum absolute atomic E-state index is 11.8. The van der Waals surface area contributed by atoms with Crippen molar-refractivity contribution in [1.82, 2.24) is 0 Å². The highest BCUT2D eigenvalue weighted by Crippen LogP contribution is 2.27. The van der Waals surface area contributed by atoms with E-state index in [-0.39, 0.29) is 5.75 Å². The van der Waals surface area contributed by atoms with E-state index in [0.717, 1.165) is 24.8 Å². The normalized spacial score (nSPS) is 16.5. The molecule has 1 aromatic carbocycles. The van der Waals surface area contributed by atoms with Crippen LogP contribution in [0.25, 0.3) is 0 Å². The second-order valence-corrected chi connectivity index (χ2v) is 4.62. The molecule has 0 aliphatic heterocycles. The molecule has 0 amide bonds. The highest BCUT2D eigenvalue weighted by atomic mass is 16.3. The van der Waals surface area contributed by atoms with Gasteiger partial charge in [0.1, 0.15) is 11.5 Å². The van der Waals surface area contributed by atoms with Crippen LogP contribution in [0, 0.1) is 5.92 Å². The number of hydrogen-bond donors (Lipinski definition) is 1. The standard InChI is InChI=1S/C14H18O2/c15-13-7-3-4-11(10-13)8-9-14(16)12-5-1-2-6-12/h3-4,7,10,12,15H,1-2,5-6,8-9H2. The predicted octanol–water partition coefficient (Wildman–Crippen LogP) is 3.08. The molecule has 1 saturated carbocycles. The molecule has 16 heavy (non-hydrogen) atoms. The Morgan fingerprint density at radius 3 is 2.75 bits per heavy atom. The molecule has 1 aliphatic carbocycles. The Kier molecular flexibility index (Phi) is 3.60. The Hall–Kier alpha value is -1.31. The summed E-state index contributed by atoms with van der Waals surface area (Å²) in [6, 6.07) is 7.18. The van der Waals surface area contributed by atoms with E-state index in [1.807, 2.05) is 12.1 Å². The molecule has 86 valence electrons. The van der Waals surface area contributed by atoms with Gasteiger partial charge in [0.25, 0.3) is 0 Å². The molecule has 1 aliphatic rings. The number of carbonyl (C=O) groups is 1. The highest BCUT2D eigenvalue weighted by molar-refractivity contribution is 5.81. The van der Waals surface area contributed by atoms with Crippen molar-refractivity contribution in [2.75, 3.05) is 0 Å². The smallest absolute Gasteiger partial charge is 0.136 e. The summed E-state index contributed by atoms with van der Waals surface area (Å²) in [5, 5.41) is 9.30. The van der Waals surface area contributed by atoms with Gasteiger partial charge in [0.05, 0.1) is 0 Å². The third kappa shape index (κ3) is 2.84. The fraction of sp³-hybridized carbons (Fsp3) is 0.500. The number of phenolic OH excluding ortho intramolecular Hbond substituents is 1. The van der Waals surface area contributed by atoms with Crippen molar-refractivity contribution in [3.8, 4) is 5.75 Å². The first-order valence-electron chi connectivity index (χ1n) is 6.06. The molecular weight excluding hydrogens is 200 g/mol. The van der Waals surface area contributed by atoms with E-state index in [0.29, 0.717) is 18.1 Å². The molecule has 2 heteroatoms. The number of carbonyl (C=O) groups excluding carboxylic acids is 1. The predicted molar refractivity (Wildman–Crippen MR) is 63.4 cm³/mol. The van der Waals surface area contributed by atoms with Crippen molar-refractivity contribution in [3.05, 3.63) is 29.8 Å². The second-order valence-electron chi connectivity index (χ2n) is 4.62. The summed E-state index contributed by atoms with van der Waals surface area (Å²) in [6.07, 6.45) is 5.96. The molecule has 0 atom stereocenters. The summed E-state index contributed by atoms with van der Waals surface area (Å²) in [5.41, 5.74) is 1.05. The lowest BCUT2D eigenvalue weighted by Gasteiger charge is -2.07. The van der Waals surface area contributed by atoms with E-state index in [4.69, 9.17) is 0 Å². The van der Waals surface area contributed by atoms with Crippen LogP contribution in [0.15, 0.2) is 24.3 Å². The molecule has 0 bridgehead atoms. The number of ketones is 1. The van der Waals surface area contributed by atoms with Gasteiger partial charge in [-0.3, -0.25) is 4.79 Å². The lowest BCUT2D eigenvalue weighted by Crippen LogP contribution is -2.11. The van der Waals surface area contributed by atoms with E-state index < -0.39 is 0 Å².